The van der Waals surface area contributed by atoms with E-state index in [1.54, 1.807) is 66.7 Å². The number of benzene rings is 3. The Hall–Kier alpha value is -4.27. The molecule has 5 rings (SSSR count). The molecule has 0 saturated heterocycles. The van der Waals surface area contributed by atoms with E-state index in [9.17, 15) is 9.59 Å². The molecule has 0 fully saturated rings. The first-order chi connectivity index (χ1) is 19.0. The van der Waals surface area contributed by atoms with E-state index in [2.05, 4.69) is 0 Å². The number of ether oxygens (including phenoxy) is 2. The molecule has 6 nitrogen and oxygen atoms in total. The number of halogens is 3. The van der Waals surface area contributed by atoms with Crippen LogP contribution in [0.15, 0.2) is 84.6 Å². The lowest BCUT2D eigenvalue weighted by atomic mass is 9.70. The van der Waals surface area contributed by atoms with Crippen molar-refractivity contribution in [3.63, 3.8) is 0 Å². The average molecular weight is 551 g/mol. The number of carbonyl (C=O) groups excluding carboxylic acids is 2. The molecule has 2 aliphatic rings. The summed E-state index contributed by atoms with van der Waals surface area (Å²) in [4.78, 5) is 29.2. The van der Waals surface area contributed by atoms with Gasteiger partial charge in [-0.1, -0.05) is 68.4 Å². The van der Waals surface area contributed by atoms with Gasteiger partial charge in [-0.25, -0.2) is 9.59 Å². The van der Waals surface area contributed by atoms with Gasteiger partial charge in [-0.3, -0.25) is 9.80 Å². The molecule has 208 valence electrons. The van der Waals surface area contributed by atoms with Gasteiger partial charge in [-0.2, -0.15) is 13.2 Å². The average Bonchev–Trinajstić information content (AvgIpc) is 3.33. The lowest BCUT2D eigenvalue weighted by molar-refractivity contribution is -0.223. The second-order valence-electron chi connectivity index (χ2n) is 10.2. The van der Waals surface area contributed by atoms with Crippen LogP contribution in [-0.4, -0.2) is 37.3 Å². The summed E-state index contributed by atoms with van der Waals surface area (Å²) in [5.41, 5.74) is -1.45. The fourth-order valence-electron chi connectivity index (χ4n) is 5.73. The van der Waals surface area contributed by atoms with Gasteiger partial charge in [0.1, 0.15) is 5.75 Å². The molecular formula is C31H29F3N2O4. The van der Waals surface area contributed by atoms with Gasteiger partial charge in [0, 0.05) is 11.8 Å². The summed E-state index contributed by atoms with van der Waals surface area (Å²) in [6.45, 7) is 3.80. The van der Waals surface area contributed by atoms with Crippen LogP contribution in [0.25, 0.3) is 0 Å². The van der Waals surface area contributed by atoms with Gasteiger partial charge in [0.2, 0.25) is 0 Å². The molecule has 9 heteroatoms. The van der Waals surface area contributed by atoms with Crippen LogP contribution < -0.4 is 9.64 Å². The van der Waals surface area contributed by atoms with Gasteiger partial charge < -0.3 is 9.47 Å². The summed E-state index contributed by atoms with van der Waals surface area (Å²) in [6.07, 6.45) is -3.95. The van der Waals surface area contributed by atoms with E-state index < -0.39 is 29.6 Å². The molecule has 2 amide bonds. The Morgan fingerprint density at radius 1 is 1.00 bits per heavy atom. The SMILES string of the molecule is COC(=O)C1=CN2C(=O)N(Cc3ccc(OC)cc3)c3ccc(C(C)C)cc3[C@]2(C(F)(F)F)[C@@H]1c1ccccc1. The molecule has 0 N–H and O–H groups in total. The Morgan fingerprint density at radius 3 is 2.25 bits per heavy atom. The van der Waals surface area contributed by atoms with E-state index in [1.165, 1.54) is 18.1 Å². The summed E-state index contributed by atoms with van der Waals surface area (Å²) in [7, 11) is 2.65. The molecule has 0 bridgehead atoms. The molecule has 2 aliphatic heterocycles. The monoisotopic (exact) mass is 550 g/mol. The first-order valence-corrected chi connectivity index (χ1v) is 12.8. The van der Waals surface area contributed by atoms with E-state index in [-0.39, 0.29) is 34.9 Å². The quantitative estimate of drug-likeness (QED) is 0.314. The van der Waals surface area contributed by atoms with E-state index in [0.717, 1.165) is 13.3 Å². The highest BCUT2D eigenvalue weighted by Crippen LogP contribution is 2.63. The molecule has 0 aliphatic carbocycles. The summed E-state index contributed by atoms with van der Waals surface area (Å²) in [6, 6.07) is 18.9. The summed E-state index contributed by atoms with van der Waals surface area (Å²) >= 11 is 0. The zero-order chi connectivity index (χ0) is 28.8. The third-order valence-electron chi connectivity index (χ3n) is 7.69. The highest BCUT2D eigenvalue weighted by molar-refractivity contribution is 6.01. The predicted molar refractivity (Wildman–Crippen MR) is 144 cm³/mol. The van der Waals surface area contributed by atoms with Crippen molar-refractivity contribution in [3.05, 3.63) is 107 Å². The van der Waals surface area contributed by atoms with Gasteiger partial charge in [-0.15, -0.1) is 0 Å². The maximum absolute atomic E-state index is 15.8. The smallest absolute Gasteiger partial charge is 0.417 e. The molecule has 2 heterocycles. The molecule has 40 heavy (non-hydrogen) atoms. The number of hydrogen-bond donors (Lipinski definition) is 0. The van der Waals surface area contributed by atoms with Crippen molar-refractivity contribution in [2.75, 3.05) is 19.1 Å². The van der Waals surface area contributed by atoms with Crippen molar-refractivity contribution in [1.29, 1.82) is 0 Å². The number of alkyl halides is 3. The summed E-state index contributed by atoms with van der Waals surface area (Å²) < 4.78 is 57.5. The van der Waals surface area contributed by atoms with Crippen molar-refractivity contribution in [2.24, 2.45) is 0 Å². The Balaban J connectivity index is 1.81. The number of esters is 1. The number of anilines is 1. The Kier molecular flexibility index (Phi) is 6.85. The standard InChI is InChI=1S/C31H29F3N2O4/c1-19(2)22-12-15-26-25(16-22)30(31(32,33)34)27(21-8-6-5-7-9-21)24(28(37)40-4)18-36(30)29(38)35(26)17-20-10-13-23(39-3)14-11-20/h5-16,18-19,27H,17H2,1-4H3/t27-,30-/m1/s1. The molecule has 0 saturated carbocycles. The number of fused-ring (bicyclic) bond motifs is 3. The van der Waals surface area contributed by atoms with Crippen LogP contribution in [0.3, 0.4) is 0 Å². The molecule has 3 aromatic carbocycles. The van der Waals surface area contributed by atoms with Crippen LogP contribution in [0.5, 0.6) is 5.75 Å². The third-order valence-corrected chi connectivity index (χ3v) is 7.69. The minimum atomic E-state index is -4.97. The van der Waals surface area contributed by atoms with Crippen molar-refractivity contribution < 1.29 is 32.2 Å². The van der Waals surface area contributed by atoms with Crippen LogP contribution in [0, 0.1) is 0 Å². The van der Waals surface area contributed by atoms with Crippen LogP contribution in [0.1, 0.15) is 47.9 Å². The van der Waals surface area contributed by atoms with E-state index in [0.29, 0.717) is 21.8 Å². The van der Waals surface area contributed by atoms with Crippen LogP contribution in [0.4, 0.5) is 23.7 Å². The highest BCUT2D eigenvalue weighted by atomic mass is 19.4. The number of amides is 2. The number of carbonyl (C=O) groups is 2. The van der Waals surface area contributed by atoms with Gasteiger partial charge in [0.15, 0.2) is 5.54 Å². The number of urea groups is 1. The first kappa shape index (κ1) is 27.3. The molecule has 0 unspecified atom stereocenters. The van der Waals surface area contributed by atoms with Gasteiger partial charge >= 0.3 is 18.2 Å². The van der Waals surface area contributed by atoms with E-state index in [1.807, 2.05) is 13.8 Å². The lowest BCUT2D eigenvalue weighted by Gasteiger charge is -2.50. The Bertz CT molecular complexity index is 1470. The number of hydrogen-bond acceptors (Lipinski definition) is 4. The third kappa shape index (κ3) is 4.11. The zero-order valence-electron chi connectivity index (χ0n) is 22.5. The van der Waals surface area contributed by atoms with Crippen molar-refractivity contribution in [3.8, 4) is 5.75 Å². The Morgan fingerprint density at radius 2 is 1.68 bits per heavy atom. The predicted octanol–water partition coefficient (Wildman–Crippen LogP) is 6.87. The van der Waals surface area contributed by atoms with E-state index in [4.69, 9.17) is 9.47 Å². The second-order valence-corrected chi connectivity index (χ2v) is 10.2. The van der Waals surface area contributed by atoms with Gasteiger partial charge in [0.05, 0.1) is 37.9 Å². The van der Waals surface area contributed by atoms with Crippen LogP contribution in [0.2, 0.25) is 0 Å². The van der Waals surface area contributed by atoms with Crippen molar-refractivity contribution in [1.82, 2.24) is 4.90 Å². The lowest BCUT2D eigenvalue weighted by Crippen LogP contribution is -2.63. The minimum absolute atomic E-state index is 0.0126. The normalized spacial score (nSPS) is 20.2. The fourth-order valence-corrected chi connectivity index (χ4v) is 5.73. The maximum atomic E-state index is 15.8. The second kappa shape index (κ2) is 10.0. The summed E-state index contributed by atoms with van der Waals surface area (Å²) in [5, 5.41) is 0. The summed E-state index contributed by atoms with van der Waals surface area (Å²) in [5.74, 6) is -1.94. The van der Waals surface area contributed by atoms with Gasteiger partial charge in [-0.05, 0) is 40.8 Å². The molecule has 0 spiro atoms. The fraction of sp³-hybridized carbons (Fsp3) is 0.290. The molecule has 0 radical (unpaired) electrons. The van der Waals surface area contributed by atoms with Crippen molar-refractivity contribution >= 4 is 17.7 Å². The van der Waals surface area contributed by atoms with Gasteiger partial charge in [0.25, 0.3) is 0 Å². The number of methoxy groups -OCH3 is 2. The Labute approximate surface area is 230 Å². The molecular weight excluding hydrogens is 521 g/mol. The van der Waals surface area contributed by atoms with Crippen LogP contribution >= 0.6 is 0 Å². The largest absolute Gasteiger partial charge is 0.497 e. The molecule has 2 atom stereocenters. The number of rotatable bonds is 6. The molecule has 3 aromatic rings. The van der Waals surface area contributed by atoms with Crippen molar-refractivity contribution in [2.45, 2.75) is 43.9 Å². The molecule has 0 aromatic heterocycles. The van der Waals surface area contributed by atoms with E-state index >= 15 is 13.2 Å². The van der Waals surface area contributed by atoms with Crippen LogP contribution in [-0.2, 0) is 21.6 Å². The highest BCUT2D eigenvalue weighted by Gasteiger charge is 2.72. The maximum Gasteiger partial charge on any atom is 0.417 e. The minimum Gasteiger partial charge on any atom is -0.497 e. The zero-order valence-corrected chi connectivity index (χ0v) is 22.5. The topological polar surface area (TPSA) is 59.1 Å². The first-order valence-electron chi connectivity index (χ1n) is 12.8. The number of nitrogens with zero attached hydrogens (tertiary/aromatic N) is 2.